The number of hydrogen-bond acceptors (Lipinski definition) is 3. The van der Waals surface area contributed by atoms with Gasteiger partial charge in [-0.05, 0) is 44.0 Å². The number of benzene rings is 1. The highest BCUT2D eigenvalue weighted by molar-refractivity contribution is 7.18. The largest absolute Gasteiger partial charge is 0.317 e. The summed E-state index contributed by atoms with van der Waals surface area (Å²) in [7, 11) is 0. The van der Waals surface area contributed by atoms with Crippen LogP contribution >= 0.6 is 11.3 Å². The molecule has 1 fully saturated rings. The molecule has 2 heterocycles. The van der Waals surface area contributed by atoms with Gasteiger partial charge in [-0.15, -0.1) is 11.3 Å². The van der Waals surface area contributed by atoms with Crippen molar-refractivity contribution in [2.24, 2.45) is 5.92 Å². The van der Waals surface area contributed by atoms with E-state index in [1.54, 1.807) is 0 Å². The van der Waals surface area contributed by atoms with Crippen LogP contribution in [0.4, 0.5) is 0 Å². The molecule has 0 amide bonds. The van der Waals surface area contributed by atoms with E-state index in [4.69, 9.17) is 4.98 Å². The van der Waals surface area contributed by atoms with Gasteiger partial charge >= 0.3 is 0 Å². The van der Waals surface area contributed by atoms with Gasteiger partial charge in [0.05, 0.1) is 15.2 Å². The molecule has 0 saturated carbocycles. The Morgan fingerprint density at radius 2 is 2.06 bits per heavy atom. The van der Waals surface area contributed by atoms with Gasteiger partial charge in [0.2, 0.25) is 0 Å². The second kappa shape index (κ2) is 4.52. The Morgan fingerprint density at radius 3 is 2.88 bits per heavy atom. The van der Waals surface area contributed by atoms with Crippen molar-refractivity contribution in [3.8, 4) is 0 Å². The van der Waals surface area contributed by atoms with Gasteiger partial charge in [0, 0.05) is 6.42 Å². The van der Waals surface area contributed by atoms with Crippen LogP contribution in [0.1, 0.15) is 17.8 Å². The van der Waals surface area contributed by atoms with Crippen LogP contribution in [0, 0.1) is 5.92 Å². The molecule has 1 aliphatic rings. The van der Waals surface area contributed by atoms with Crippen LogP contribution in [0.3, 0.4) is 0 Å². The average Bonchev–Trinajstić information content (AvgIpc) is 2.72. The van der Waals surface area contributed by atoms with Crippen molar-refractivity contribution >= 4 is 21.6 Å². The average molecular weight is 232 g/mol. The minimum Gasteiger partial charge on any atom is -0.317 e. The quantitative estimate of drug-likeness (QED) is 0.861. The van der Waals surface area contributed by atoms with Crippen LogP contribution in [-0.2, 0) is 6.42 Å². The first-order valence-electron chi connectivity index (χ1n) is 5.97. The molecule has 0 spiro atoms. The molecular weight excluding hydrogens is 216 g/mol. The predicted molar refractivity (Wildman–Crippen MR) is 68.9 cm³/mol. The van der Waals surface area contributed by atoms with Crippen molar-refractivity contribution in [1.82, 2.24) is 10.3 Å². The normalized spacial score (nSPS) is 18.0. The molecule has 0 atom stereocenters. The number of para-hydroxylation sites is 1. The highest BCUT2D eigenvalue weighted by Gasteiger charge is 2.15. The van der Waals surface area contributed by atoms with E-state index < -0.39 is 0 Å². The van der Waals surface area contributed by atoms with Crippen LogP contribution < -0.4 is 5.32 Å². The minimum atomic E-state index is 0.835. The molecule has 0 radical (unpaired) electrons. The maximum absolute atomic E-state index is 4.70. The van der Waals surface area contributed by atoms with Gasteiger partial charge in [0.15, 0.2) is 0 Å². The van der Waals surface area contributed by atoms with E-state index in [-0.39, 0.29) is 0 Å². The number of nitrogens with one attached hydrogen (secondary N) is 1. The summed E-state index contributed by atoms with van der Waals surface area (Å²) in [5.41, 5.74) is 1.16. The van der Waals surface area contributed by atoms with E-state index in [1.165, 1.54) is 42.1 Å². The van der Waals surface area contributed by atoms with Crippen molar-refractivity contribution in [3.63, 3.8) is 0 Å². The molecule has 1 aromatic heterocycles. The Labute approximate surface area is 99.7 Å². The SMILES string of the molecule is c1ccc2sc(CC3CCNCC3)nc2c1. The molecular formula is C13H16N2S. The van der Waals surface area contributed by atoms with Crippen molar-refractivity contribution in [1.29, 1.82) is 0 Å². The first-order chi connectivity index (χ1) is 7.92. The van der Waals surface area contributed by atoms with Crippen LogP contribution in [0.25, 0.3) is 10.2 Å². The number of aromatic nitrogens is 1. The van der Waals surface area contributed by atoms with E-state index in [1.807, 2.05) is 11.3 Å². The van der Waals surface area contributed by atoms with Crippen LogP contribution in [0.5, 0.6) is 0 Å². The van der Waals surface area contributed by atoms with Gasteiger partial charge in [0.1, 0.15) is 0 Å². The van der Waals surface area contributed by atoms with Gasteiger partial charge < -0.3 is 5.32 Å². The summed E-state index contributed by atoms with van der Waals surface area (Å²) in [5, 5.41) is 4.72. The molecule has 16 heavy (non-hydrogen) atoms. The summed E-state index contributed by atoms with van der Waals surface area (Å²) in [6.45, 7) is 2.35. The van der Waals surface area contributed by atoms with E-state index >= 15 is 0 Å². The van der Waals surface area contributed by atoms with Gasteiger partial charge in [-0.25, -0.2) is 4.98 Å². The molecule has 1 aliphatic heterocycles. The summed E-state index contributed by atoms with van der Waals surface area (Å²) in [4.78, 5) is 4.70. The van der Waals surface area contributed by atoms with Crippen LogP contribution in [-0.4, -0.2) is 18.1 Å². The molecule has 1 N–H and O–H groups in total. The molecule has 0 bridgehead atoms. The standard InChI is InChI=1S/C13H16N2S/c1-2-4-12-11(3-1)15-13(16-12)9-10-5-7-14-8-6-10/h1-4,10,14H,5-9H2. The summed E-state index contributed by atoms with van der Waals surface area (Å²) in [6, 6.07) is 8.43. The highest BCUT2D eigenvalue weighted by atomic mass is 32.1. The summed E-state index contributed by atoms with van der Waals surface area (Å²) < 4.78 is 1.33. The number of nitrogens with zero attached hydrogens (tertiary/aromatic N) is 1. The smallest absolute Gasteiger partial charge is 0.0941 e. The zero-order valence-electron chi connectivity index (χ0n) is 9.28. The van der Waals surface area contributed by atoms with E-state index in [2.05, 4.69) is 29.6 Å². The third-order valence-corrected chi connectivity index (χ3v) is 4.32. The first-order valence-corrected chi connectivity index (χ1v) is 6.78. The van der Waals surface area contributed by atoms with Crippen LogP contribution in [0.15, 0.2) is 24.3 Å². The third kappa shape index (κ3) is 2.11. The Hall–Kier alpha value is -0.930. The van der Waals surface area contributed by atoms with Crippen molar-refractivity contribution in [3.05, 3.63) is 29.3 Å². The molecule has 3 heteroatoms. The summed E-state index contributed by atoms with van der Waals surface area (Å²) in [5.74, 6) is 0.835. The van der Waals surface area contributed by atoms with E-state index in [9.17, 15) is 0 Å². The number of rotatable bonds is 2. The topological polar surface area (TPSA) is 24.9 Å². The second-order valence-electron chi connectivity index (χ2n) is 4.47. The number of thiazole rings is 1. The Balaban J connectivity index is 1.78. The van der Waals surface area contributed by atoms with Gasteiger partial charge in [-0.2, -0.15) is 0 Å². The molecule has 2 aromatic rings. The molecule has 3 rings (SSSR count). The molecule has 0 unspecified atom stereocenters. The molecule has 0 aliphatic carbocycles. The van der Waals surface area contributed by atoms with Gasteiger partial charge in [0.25, 0.3) is 0 Å². The van der Waals surface area contributed by atoms with Gasteiger partial charge in [-0.1, -0.05) is 12.1 Å². The number of fused-ring (bicyclic) bond motifs is 1. The Morgan fingerprint density at radius 1 is 1.25 bits per heavy atom. The van der Waals surface area contributed by atoms with E-state index in [0.29, 0.717) is 0 Å². The lowest BCUT2D eigenvalue weighted by Gasteiger charge is -2.21. The second-order valence-corrected chi connectivity index (χ2v) is 5.59. The van der Waals surface area contributed by atoms with Crippen molar-refractivity contribution < 1.29 is 0 Å². The maximum atomic E-state index is 4.70. The van der Waals surface area contributed by atoms with Crippen molar-refractivity contribution in [2.75, 3.05) is 13.1 Å². The fourth-order valence-corrected chi connectivity index (χ4v) is 3.42. The number of hydrogen-bond donors (Lipinski definition) is 1. The lowest BCUT2D eigenvalue weighted by molar-refractivity contribution is 0.372. The molecule has 1 saturated heterocycles. The fraction of sp³-hybridized carbons (Fsp3) is 0.462. The zero-order valence-corrected chi connectivity index (χ0v) is 10.1. The third-order valence-electron chi connectivity index (χ3n) is 3.26. The van der Waals surface area contributed by atoms with Crippen molar-refractivity contribution in [2.45, 2.75) is 19.3 Å². The first kappa shape index (κ1) is 10.2. The van der Waals surface area contributed by atoms with Gasteiger partial charge in [-0.3, -0.25) is 0 Å². The minimum absolute atomic E-state index is 0.835. The maximum Gasteiger partial charge on any atom is 0.0941 e. The summed E-state index contributed by atoms with van der Waals surface area (Å²) >= 11 is 1.86. The Kier molecular flexibility index (Phi) is 2.89. The lowest BCUT2D eigenvalue weighted by atomic mass is 9.95. The monoisotopic (exact) mass is 232 g/mol. The molecule has 84 valence electrons. The Bertz CT molecular complexity index is 438. The summed E-state index contributed by atoms with van der Waals surface area (Å²) in [6.07, 6.45) is 3.77. The zero-order chi connectivity index (χ0) is 10.8. The number of piperidine rings is 1. The fourth-order valence-electron chi connectivity index (χ4n) is 2.34. The molecule has 2 nitrogen and oxygen atoms in total. The predicted octanol–water partition coefficient (Wildman–Crippen LogP) is 2.84. The van der Waals surface area contributed by atoms with Crippen LogP contribution in [0.2, 0.25) is 0 Å². The highest BCUT2D eigenvalue weighted by Crippen LogP contribution is 2.25. The lowest BCUT2D eigenvalue weighted by Crippen LogP contribution is -2.28. The molecule has 1 aromatic carbocycles. The van der Waals surface area contributed by atoms with E-state index in [0.717, 1.165) is 11.4 Å².